The molecular weight excluding hydrogens is 210 g/mol. The van der Waals surface area contributed by atoms with Crippen LogP contribution in [0.5, 0.6) is 0 Å². The first-order valence-corrected chi connectivity index (χ1v) is 5.46. The van der Waals surface area contributed by atoms with E-state index < -0.39 is 0 Å². The largest absolute Gasteiger partial charge is 0.288 e. The summed E-state index contributed by atoms with van der Waals surface area (Å²) in [6, 6.07) is 16.9. The van der Waals surface area contributed by atoms with E-state index in [1.165, 1.54) is 6.21 Å². The van der Waals surface area contributed by atoms with Gasteiger partial charge in [0.15, 0.2) is 0 Å². The monoisotopic (exact) mass is 223 g/mol. The lowest BCUT2D eigenvalue weighted by atomic mass is 10.1. The molecule has 0 N–H and O–H groups in total. The van der Waals surface area contributed by atoms with E-state index >= 15 is 0 Å². The number of aryl methyl sites for hydroxylation is 1. The number of carbonyl (C=O) groups excluding carboxylic acids is 1. The quantitative estimate of drug-likeness (QED) is 0.577. The third kappa shape index (κ3) is 3.11. The Hall–Kier alpha value is -2.22. The minimum atomic E-state index is -0.0751. The molecule has 0 unspecified atom stereocenters. The van der Waals surface area contributed by atoms with Crippen molar-refractivity contribution in [3.05, 3.63) is 65.7 Å². The van der Waals surface area contributed by atoms with Crippen LogP contribution in [-0.4, -0.2) is 12.0 Å². The average molecular weight is 223 g/mol. The number of hydrogen-bond donors (Lipinski definition) is 0. The smallest absolute Gasteiger partial charge is 0.204 e. The second kappa shape index (κ2) is 5.21. The fraction of sp³-hybridized carbons (Fsp3) is 0.0667. The molecule has 84 valence electrons. The standard InChI is InChI=1S/C15H13NO/c1-12-7-9-13(10-8-12)15(17)11-16-14-5-3-2-4-6-14/h2-11H,1H3. The van der Waals surface area contributed by atoms with Crippen molar-refractivity contribution in [2.75, 3.05) is 0 Å². The highest BCUT2D eigenvalue weighted by molar-refractivity contribution is 6.35. The van der Waals surface area contributed by atoms with Crippen molar-refractivity contribution < 1.29 is 4.79 Å². The maximum atomic E-state index is 11.8. The van der Waals surface area contributed by atoms with Gasteiger partial charge < -0.3 is 0 Å². The molecule has 0 aliphatic heterocycles. The molecular formula is C15H13NO. The highest BCUT2D eigenvalue weighted by atomic mass is 16.1. The Morgan fingerprint density at radius 2 is 1.65 bits per heavy atom. The maximum Gasteiger partial charge on any atom is 0.204 e. The van der Waals surface area contributed by atoms with Crippen LogP contribution in [0.4, 0.5) is 5.69 Å². The Morgan fingerprint density at radius 3 is 2.29 bits per heavy atom. The summed E-state index contributed by atoms with van der Waals surface area (Å²) in [5, 5.41) is 0. The first-order valence-electron chi connectivity index (χ1n) is 5.46. The predicted octanol–water partition coefficient (Wildman–Crippen LogP) is 3.58. The van der Waals surface area contributed by atoms with E-state index in [1.54, 1.807) is 0 Å². The molecule has 0 aliphatic rings. The number of benzene rings is 2. The van der Waals surface area contributed by atoms with Gasteiger partial charge in [-0.3, -0.25) is 9.79 Å². The normalized spacial score (nSPS) is 10.6. The molecule has 0 aromatic heterocycles. The summed E-state index contributed by atoms with van der Waals surface area (Å²) in [5.41, 5.74) is 2.59. The Balaban J connectivity index is 2.12. The zero-order valence-electron chi connectivity index (χ0n) is 9.63. The zero-order chi connectivity index (χ0) is 12.1. The molecule has 0 radical (unpaired) electrons. The lowest BCUT2D eigenvalue weighted by molar-refractivity contribution is 0.107. The van der Waals surface area contributed by atoms with E-state index in [0.717, 1.165) is 11.3 Å². The van der Waals surface area contributed by atoms with Gasteiger partial charge in [0.25, 0.3) is 0 Å². The molecule has 2 aromatic carbocycles. The van der Waals surface area contributed by atoms with Crippen LogP contribution in [0.3, 0.4) is 0 Å². The van der Waals surface area contributed by atoms with Crippen molar-refractivity contribution in [2.24, 2.45) is 4.99 Å². The Bertz CT molecular complexity index is 527. The third-order valence-electron chi connectivity index (χ3n) is 2.42. The summed E-state index contributed by atoms with van der Waals surface area (Å²) in [4.78, 5) is 15.9. The number of ketones is 1. The van der Waals surface area contributed by atoms with E-state index in [0.29, 0.717) is 5.56 Å². The van der Waals surface area contributed by atoms with Crippen molar-refractivity contribution in [1.82, 2.24) is 0 Å². The number of para-hydroxylation sites is 1. The summed E-state index contributed by atoms with van der Waals surface area (Å²) in [7, 11) is 0. The van der Waals surface area contributed by atoms with Gasteiger partial charge in [0.2, 0.25) is 5.78 Å². The summed E-state index contributed by atoms with van der Waals surface area (Å²) in [5.74, 6) is -0.0751. The molecule has 2 rings (SSSR count). The van der Waals surface area contributed by atoms with Crippen molar-refractivity contribution in [2.45, 2.75) is 6.92 Å². The molecule has 2 nitrogen and oxygen atoms in total. The molecule has 2 aromatic rings. The van der Waals surface area contributed by atoms with Crippen LogP contribution >= 0.6 is 0 Å². The summed E-state index contributed by atoms with van der Waals surface area (Å²) in [6.45, 7) is 1.99. The number of rotatable bonds is 3. The first-order chi connectivity index (χ1) is 8.25. The molecule has 2 heteroatoms. The predicted molar refractivity (Wildman–Crippen MR) is 70.1 cm³/mol. The maximum absolute atomic E-state index is 11.8. The summed E-state index contributed by atoms with van der Waals surface area (Å²) < 4.78 is 0. The van der Waals surface area contributed by atoms with Gasteiger partial charge in [-0.05, 0) is 19.1 Å². The van der Waals surface area contributed by atoms with Gasteiger partial charge in [-0.15, -0.1) is 0 Å². The van der Waals surface area contributed by atoms with Crippen molar-refractivity contribution in [3.63, 3.8) is 0 Å². The summed E-state index contributed by atoms with van der Waals surface area (Å²) in [6.07, 6.45) is 1.36. The van der Waals surface area contributed by atoms with E-state index in [4.69, 9.17) is 0 Å². The average Bonchev–Trinajstić information content (AvgIpc) is 2.38. The van der Waals surface area contributed by atoms with E-state index in [1.807, 2.05) is 61.5 Å². The van der Waals surface area contributed by atoms with Crippen molar-refractivity contribution >= 4 is 17.7 Å². The van der Waals surface area contributed by atoms with Gasteiger partial charge in [-0.25, -0.2) is 0 Å². The molecule has 0 bridgehead atoms. The number of Topliss-reactive ketones (excluding diaryl/α,β-unsaturated/α-hetero) is 1. The van der Waals surface area contributed by atoms with Crippen LogP contribution in [0.1, 0.15) is 15.9 Å². The second-order valence-electron chi connectivity index (χ2n) is 3.82. The van der Waals surface area contributed by atoms with Gasteiger partial charge in [-0.2, -0.15) is 0 Å². The molecule has 17 heavy (non-hydrogen) atoms. The molecule has 0 aliphatic carbocycles. The fourth-order valence-electron chi connectivity index (χ4n) is 1.44. The first kappa shape index (κ1) is 11.3. The highest BCUT2D eigenvalue weighted by Gasteiger charge is 2.01. The van der Waals surface area contributed by atoms with Gasteiger partial charge in [0.05, 0.1) is 11.9 Å². The lowest BCUT2D eigenvalue weighted by Gasteiger charge is -1.96. The number of carbonyl (C=O) groups is 1. The van der Waals surface area contributed by atoms with Gasteiger partial charge >= 0.3 is 0 Å². The Kier molecular flexibility index (Phi) is 3.46. The van der Waals surface area contributed by atoms with Crippen LogP contribution in [0.25, 0.3) is 0 Å². The topological polar surface area (TPSA) is 29.4 Å². The molecule has 0 amide bonds. The van der Waals surface area contributed by atoms with Crippen LogP contribution < -0.4 is 0 Å². The van der Waals surface area contributed by atoms with E-state index in [2.05, 4.69) is 4.99 Å². The third-order valence-corrected chi connectivity index (χ3v) is 2.42. The minimum absolute atomic E-state index is 0.0751. The van der Waals surface area contributed by atoms with Gasteiger partial charge in [-0.1, -0.05) is 48.0 Å². The Labute approximate surface area is 101 Å². The molecule has 0 saturated heterocycles. The van der Waals surface area contributed by atoms with Gasteiger partial charge in [0, 0.05) is 5.56 Å². The van der Waals surface area contributed by atoms with Crippen LogP contribution in [-0.2, 0) is 0 Å². The number of nitrogens with zero attached hydrogens (tertiary/aromatic N) is 1. The van der Waals surface area contributed by atoms with E-state index in [9.17, 15) is 4.79 Å². The minimum Gasteiger partial charge on any atom is -0.288 e. The van der Waals surface area contributed by atoms with Crippen molar-refractivity contribution in [3.8, 4) is 0 Å². The van der Waals surface area contributed by atoms with Crippen LogP contribution in [0, 0.1) is 6.92 Å². The molecule has 0 heterocycles. The van der Waals surface area contributed by atoms with Crippen LogP contribution in [0.2, 0.25) is 0 Å². The van der Waals surface area contributed by atoms with Crippen LogP contribution in [0.15, 0.2) is 59.6 Å². The zero-order valence-corrected chi connectivity index (χ0v) is 9.63. The molecule has 0 atom stereocenters. The van der Waals surface area contributed by atoms with Gasteiger partial charge in [0.1, 0.15) is 0 Å². The molecule has 0 saturated carbocycles. The fourth-order valence-corrected chi connectivity index (χ4v) is 1.44. The molecule has 0 spiro atoms. The van der Waals surface area contributed by atoms with E-state index in [-0.39, 0.29) is 5.78 Å². The lowest BCUT2D eigenvalue weighted by Crippen LogP contribution is -1.99. The second-order valence-corrected chi connectivity index (χ2v) is 3.82. The highest BCUT2D eigenvalue weighted by Crippen LogP contribution is 2.09. The summed E-state index contributed by atoms with van der Waals surface area (Å²) >= 11 is 0. The number of aliphatic imine (C=N–C) groups is 1. The van der Waals surface area contributed by atoms with Crippen molar-refractivity contribution in [1.29, 1.82) is 0 Å². The molecule has 0 fully saturated rings. The Morgan fingerprint density at radius 1 is 1.00 bits per heavy atom. The SMILES string of the molecule is Cc1ccc(C(=O)C=Nc2ccccc2)cc1. The number of hydrogen-bond acceptors (Lipinski definition) is 2.